The molecule has 1 saturated heterocycles. The van der Waals surface area contributed by atoms with E-state index in [1.54, 1.807) is 12.1 Å². The summed E-state index contributed by atoms with van der Waals surface area (Å²) in [7, 11) is 0. The van der Waals surface area contributed by atoms with Gasteiger partial charge in [-0.05, 0) is 61.3 Å². The number of piperazine rings is 1. The largest absolute Gasteiger partial charge is 0.340 e. The van der Waals surface area contributed by atoms with Gasteiger partial charge < -0.3 is 10.2 Å². The molecule has 5 nitrogen and oxygen atoms in total. The molecule has 1 aromatic carbocycles. The lowest BCUT2D eigenvalue weighted by Gasteiger charge is -2.35. The van der Waals surface area contributed by atoms with Gasteiger partial charge in [0.2, 0.25) is 11.8 Å². The molecule has 2 bridgehead atoms. The molecule has 0 spiro atoms. The van der Waals surface area contributed by atoms with Crippen LogP contribution in [0.3, 0.4) is 0 Å². The zero-order valence-corrected chi connectivity index (χ0v) is 15.7. The fourth-order valence-electron chi connectivity index (χ4n) is 5.07. The molecule has 146 valence electrons. The Balaban J connectivity index is 1.19. The van der Waals surface area contributed by atoms with Crippen LogP contribution in [0.25, 0.3) is 0 Å². The normalized spacial score (nSPS) is 27.7. The van der Waals surface area contributed by atoms with Crippen LogP contribution in [0.5, 0.6) is 0 Å². The zero-order valence-electron chi connectivity index (χ0n) is 15.7. The summed E-state index contributed by atoms with van der Waals surface area (Å²) in [6.45, 7) is 3.14. The van der Waals surface area contributed by atoms with Crippen molar-refractivity contribution in [1.82, 2.24) is 9.80 Å². The first-order valence-corrected chi connectivity index (χ1v) is 10.1. The standard InChI is InChI=1S/C21H28FN3O2/c22-18-3-5-19(6-4-18)23-20(26)14-24-7-9-25(10-8-24)21(27)13-17-12-15-1-2-16(17)11-15/h3-6,15-17H,1-2,7-14H2,(H,23,26). The van der Waals surface area contributed by atoms with Crippen molar-refractivity contribution in [1.29, 1.82) is 0 Å². The number of benzene rings is 1. The van der Waals surface area contributed by atoms with Crippen LogP contribution in [0, 0.1) is 23.6 Å². The molecule has 2 aliphatic carbocycles. The molecule has 4 rings (SSSR count). The summed E-state index contributed by atoms with van der Waals surface area (Å²) in [5.74, 6) is 2.14. The maximum absolute atomic E-state index is 12.9. The predicted molar refractivity (Wildman–Crippen MR) is 102 cm³/mol. The third-order valence-corrected chi connectivity index (χ3v) is 6.54. The first-order chi connectivity index (χ1) is 13.1. The van der Waals surface area contributed by atoms with Crippen molar-refractivity contribution in [3.63, 3.8) is 0 Å². The molecular formula is C21H28FN3O2. The van der Waals surface area contributed by atoms with Crippen molar-refractivity contribution in [2.45, 2.75) is 32.1 Å². The Bertz CT molecular complexity index is 685. The van der Waals surface area contributed by atoms with E-state index >= 15 is 0 Å². The summed E-state index contributed by atoms with van der Waals surface area (Å²) in [4.78, 5) is 28.8. The van der Waals surface area contributed by atoms with Crippen molar-refractivity contribution in [3.8, 4) is 0 Å². The lowest BCUT2D eigenvalue weighted by Crippen LogP contribution is -2.50. The maximum Gasteiger partial charge on any atom is 0.238 e. The van der Waals surface area contributed by atoms with E-state index in [1.807, 2.05) is 4.90 Å². The molecule has 1 aliphatic heterocycles. The van der Waals surface area contributed by atoms with Gasteiger partial charge in [-0.25, -0.2) is 4.39 Å². The molecule has 0 aromatic heterocycles. The molecule has 27 heavy (non-hydrogen) atoms. The second-order valence-electron chi connectivity index (χ2n) is 8.35. The monoisotopic (exact) mass is 373 g/mol. The van der Waals surface area contributed by atoms with Crippen LogP contribution in [0.2, 0.25) is 0 Å². The number of nitrogens with zero attached hydrogens (tertiary/aromatic N) is 2. The average molecular weight is 373 g/mol. The number of amides is 2. The number of halogens is 1. The van der Waals surface area contributed by atoms with E-state index in [0.29, 0.717) is 43.6 Å². The number of rotatable bonds is 5. The van der Waals surface area contributed by atoms with Gasteiger partial charge in [-0.1, -0.05) is 6.42 Å². The Hall–Kier alpha value is -1.95. The number of hydrogen-bond donors (Lipinski definition) is 1. The number of anilines is 1. The maximum atomic E-state index is 12.9. The van der Waals surface area contributed by atoms with E-state index < -0.39 is 0 Å². The predicted octanol–water partition coefficient (Wildman–Crippen LogP) is 2.73. The summed E-state index contributed by atoms with van der Waals surface area (Å²) in [6, 6.07) is 5.77. The lowest BCUT2D eigenvalue weighted by molar-refractivity contribution is -0.134. The molecule has 1 aromatic rings. The molecule has 3 atom stereocenters. The molecule has 2 saturated carbocycles. The summed E-state index contributed by atoms with van der Waals surface area (Å²) in [5, 5.41) is 2.79. The third kappa shape index (κ3) is 4.49. The Labute approximate surface area is 159 Å². The van der Waals surface area contributed by atoms with Crippen LogP contribution in [0.15, 0.2) is 24.3 Å². The highest BCUT2D eigenvalue weighted by molar-refractivity contribution is 5.92. The summed E-state index contributed by atoms with van der Waals surface area (Å²) >= 11 is 0. The molecule has 2 amide bonds. The van der Waals surface area contributed by atoms with E-state index in [4.69, 9.17) is 0 Å². The molecule has 3 aliphatic rings. The van der Waals surface area contributed by atoms with E-state index in [2.05, 4.69) is 10.2 Å². The minimum Gasteiger partial charge on any atom is -0.340 e. The van der Waals surface area contributed by atoms with Gasteiger partial charge in [0.1, 0.15) is 5.82 Å². The molecular weight excluding hydrogens is 345 g/mol. The molecule has 1 heterocycles. The van der Waals surface area contributed by atoms with Crippen molar-refractivity contribution >= 4 is 17.5 Å². The first kappa shape index (κ1) is 18.4. The van der Waals surface area contributed by atoms with E-state index in [0.717, 1.165) is 24.9 Å². The van der Waals surface area contributed by atoms with E-state index in [9.17, 15) is 14.0 Å². The average Bonchev–Trinajstić information content (AvgIpc) is 3.27. The van der Waals surface area contributed by atoms with Gasteiger partial charge in [0.25, 0.3) is 0 Å². The van der Waals surface area contributed by atoms with Crippen LogP contribution >= 0.6 is 0 Å². The van der Waals surface area contributed by atoms with Gasteiger partial charge in [-0.3, -0.25) is 14.5 Å². The second kappa shape index (κ2) is 7.97. The van der Waals surface area contributed by atoms with Gasteiger partial charge in [0.05, 0.1) is 6.54 Å². The van der Waals surface area contributed by atoms with Crippen LogP contribution in [-0.4, -0.2) is 54.3 Å². The molecule has 3 unspecified atom stereocenters. The summed E-state index contributed by atoms with van der Waals surface area (Å²) in [6.07, 6.45) is 5.99. The Kier molecular flexibility index (Phi) is 5.43. The molecule has 1 N–H and O–H groups in total. The minimum atomic E-state index is -0.320. The highest BCUT2D eigenvalue weighted by atomic mass is 19.1. The van der Waals surface area contributed by atoms with Gasteiger partial charge in [0, 0.05) is 38.3 Å². The molecule has 3 fully saturated rings. The van der Waals surface area contributed by atoms with Crippen LogP contribution < -0.4 is 5.32 Å². The highest BCUT2D eigenvalue weighted by Gasteiger charge is 2.40. The fourth-order valence-corrected chi connectivity index (χ4v) is 5.07. The van der Waals surface area contributed by atoms with E-state index in [1.165, 1.54) is 37.8 Å². The number of fused-ring (bicyclic) bond motifs is 2. The van der Waals surface area contributed by atoms with E-state index in [-0.39, 0.29) is 11.7 Å². The first-order valence-electron chi connectivity index (χ1n) is 10.1. The van der Waals surface area contributed by atoms with Gasteiger partial charge >= 0.3 is 0 Å². The smallest absolute Gasteiger partial charge is 0.238 e. The zero-order chi connectivity index (χ0) is 18.8. The van der Waals surface area contributed by atoms with Crippen LogP contribution in [0.4, 0.5) is 10.1 Å². The number of carbonyl (C=O) groups excluding carboxylic acids is 2. The SMILES string of the molecule is O=C(CN1CCN(C(=O)CC2CC3CCC2C3)CC1)Nc1ccc(F)cc1. The van der Waals surface area contributed by atoms with Gasteiger partial charge in [0.15, 0.2) is 0 Å². The second-order valence-corrected chi connectivity index (χ2v) is 8.35. The molecule has 0 radical (unpaired) electrons. The van der Waals surface area contributed by atoms with Crippen molar-refractivity contribution in [2.24, 2.45) is 17.8 Å². The van der Waals surface area contributed by atoms with Gasteiger partial charge in [-0.2, -0.15) is 0 Å². The lowest BCUT2D eigenvalue weighted by atomic mass is 9.86. The fraction of sp³-hybridized carbons (Fsp3) is 0.619. The minimum absolute atomic E-state index is 0.108. The van der Waals surface area contributed by atoms with Crippen LogP contribution in [0.1, 0.15) is 32.1 Å². The number of carbonyl (C=O) groups is 2. The molecule has 6 heteroatoms. The summed E-state index contributed by atoms with van der Waals surface area (Å²) in [5.41, 5.74) is 0.598. The Morgan fingerprint density at radius 2 is 1.78 bits per heavy atom. The topological polar surface area (TPSA) is 52.7 Å². The van der Waals surface area contributed by atoms with Crippen molar-refractivity contribution < 1.29 is 14.0 Å². The van der Waals surface area contributed by atoms with Gasteiger partial charge in [-0.15, -0.1) is 0 Å². The number of nitrogens with one attached hydrogen (secondary N) is 1. The highest BCUT2D eigenvalue weighted by Crippen LogP contribution is 2.49. The van der Waals surface area contributed by atoms with Crippen molar-refractivity contribution in [3.05, 3.63) is 30.1 Å². The third-order valence-electron chi connectivity index (χ3n) is 6.54. The Morgan fingerprint density at radius 1 is 1.04 bits per heavy atom. The summed E-state index contributed by atoms with van der Waals surface area (Å²) < 4.78 is 12.9. The number of hydrogen-bond acceptors (Lipinski definition) is 3. The Morgan fingerprint density at radius 3 is 2.41 bits per heavy atom. The van der Waals surface area contributed by atoms with Crippen molar-refractivity contribution in [2.75, 3.05) is 38.0 Å². The quantitative estimate of drug-likeness (QED) is 0.863. The van der Waals surface area contributed by atoms with Crippen LogP contribution in [-0.2, 0) is 9.59 Å².